The van der Waals surface area contributed by atoms with E-state index in [1.807, 2.05) is 14.1 Å². The van der Waals surface area contributed by atoms with Crippen LogP contribution in [-0.2, 0) is 0 Å². The fourth-order valence-electron chi connectivity index (χ4n) is 1.36. The highest BCUT2D eigenvalue weighted by Crippen LogP contribution is 2.07. The van der Waals surface area contributed by atoms with Gasteiger partial charge in [0.1, 0.15) is 0 Å². The van der Waals surface area contributed by atoms with Gasteiger partial charge in [-0.05, 0) is 25.6 Å². The lowest BCUT2D eigenvalue weighted by molar-refractivity contribution is 0.817. The Labute approximate surface area is 86.0 Å². The molecule has 0 bridgehead atoms. The smallest absolute Gasteiger partial charge is 0.0351 e. The summed E-state index contributed by atoms with van der Waals surface area (Å²) in [4.78, 5) is 0. The molecule has 2 heteroatoms. The number of likely N-dealkylation sites (N-methyl/N-ethyl adjacent to an activating group) is 2. The third-order valence-corrected chi connectivity index (χ3v) is 2.07. The van der Waals surface area contributed by atoms with Crippen molar-refractivity contribution in [1.82, 2.24) is 10.6 Å². The van der Waals surface area contributed by atoms with Crippen LogP contribution in [0.5, 0.6) is 0 Å². The molecule has 1 aromatic carbocycles. The van der Waals surface area contributed by atoms with Gasteiger partial charge in [0, 0.05) is 19.3 Å². The van der Waals surface area contributed by atoms with E-state index in [1.54, 1.807) is 0 Å². The van der Waals surface area contributed by atoms with E-state index in [0.717, 1.165) is 6.54 Å². The summed E-state index contributed by atoms with van der Waals surface area (Å²) in [5.41, 5.74) is 3.72. The first kappa shape index (κ1) is 10.8. The number of aryl methyl sites for hydroxylation is 1. The van der Waals surface area contributed by atoms with E-state index in [4.69, 9.17) is 0 Å². The summed E-state index contributed by atoms with van der Waals surface area (Å²) >= 11 is 0. The molecule has 0 amide bonds. The van der Waals surface area contributed by atoms with Crippen molar-refractivity contribution >= 4 is 6.08 Å². The molecule has 1 aromatic rings. The van der Waals surface area contributed by atoms with E-state index in [2.05, 4.69) is 47.9 Å². The molecule has 1 rings (SSSR count). The van der Waals surface area contributed by atoms with Crippen LogP contribution in [0.2, 0.25) is 0 Å². The highest BCUT2D eigenvalue weighted by Gasteiger charge is 1.93. The van der Waals surface area contributed by atoms with Gasteiger partial charge in [-0.3, -0.25) is 0 Å². The largest absolute Gasteiger partial charge is 0.390 e. The van der Waals surface area contributed by atoms with Crippen molar-refractivity contribution in [3.63, 3.8) is 0 Å². The summed E-state index contributed by atoms with van der Waals surface area (Å²) in [5, 5.41) is 6.29. The van der Waals surface area contributed by atoms with Crippen molar-refractivity contribution in [2.45, 2.75) is 6.92 Å². The average molecular weight is 190 g/mol. The van der Waals surface area contributed by atoms with Gasteiger partial charge in [-0.2, -0.15) is 0 Å². The molecular formula is C12H18N2. The Kier molecular flexibility index (Phi) is 4.20. The van der Waals surface area contributed by atoms with E-state index in [9.17, 15) is 0 Å². The first-order valence-electron chi connectivity index (χ1n) is 4.86. The van der Waals surface area contributed by atoms with Crippen LogP contribution >= 0.6 is 0 Å². The fourth-order valence-corrected chi connectivity index (χ4v) is 1.36. The van der Waals surface area contributed by atoms with Crippen LogP contribution in [0.1, 0.15) is 11.1 Å². The maximum Gasteiger partial charge on any atom is 0.0351 e. The van der Waals surface area contributed by atoms with E-state index in [0.29, 0.717) is 0 Å². The second-order valence-corrected chi connectivity index (χ2v) is 3.36. The standard InChI is InChI=1S/C12H18N2/c1-10-5-4-6-11(7-10)8-12(14-3)9-13-2/h4-8,13-14H,9H2,1-3H3/b12-8-. The number of benzene rings is 1. The van der Waals surface area contributed by atoms with Gasteiger partial charge in [0.25, 0.3) is 0 Å². The Morgan fingerprint density at radius 2 is 2.14 bits per heavy atom. The number of nitrogens with one attached hydrogen (secondary N) is 2. The Balaban J connectivity index is 2.83. The molecule has 0 radical (unpaired) electrons. The van der Waals surface area contributed by atoms with Gasteiger partial charge in [-0.25, -0.2) is 0 Å². The van der Waals surface area contributed by atoms with Crippen LogP contribution in [0, 0.1) is 6.92 Å². The van der Waals surface area contributed by atoms with Gasteiger partial charge < -0.3 is 10.6 Å². The normalized spacial score (nSPS) is 11.5. The second-order valence-electron chi connectivity index (χ2n) is 3.36. The van der Waals surface area contributed by atoms with Crippen molar-refractivity contribution in [2.24, 2.45) is 0 Å². The molecule has 0 aliphatic heterocycles. The molecule has 0 saturated heterocycles. The molecule has 0 saturated carbocycles. The van der Waals surface area contributed by atoms with Crippen molar-refractivity contribution in [3.8, 4) is 0 Å². The quantitative estimate of drug-likeness (QED) is 0.756. The lowest BCUT2D eigenvalue weighted by atomic mass is 10.1. The SMILES string of the molecule is CNC/C(=C/c1cccc(C)c1)NC. The molecule has 76 valence electrons. The molecular weight excluding hydrogens is 172 g/mol. The zero-order valence-corrected chi connectivity index (χ0v) is 9.09. The maximum absolute atomic E-state index is 3.17. The second kappa shape index (κ2) is 5.45. The predicted octanol–water partition coefficient (Wildman–Crippen LogP) is 1.77. The molecule has 0 aliphatic carbocycles. The molecule has 0 spiro atoms. The van der Waals surface area contributed by atoms with Gasteiger partial charge in [0.05, 0.1) is 0 Å². The van der Waals surface area contributed by atoms with E-state index >= 15 is 0 Å². The lowest BCUT2D eigenvalue weighted by Gasteiger charge is -2.06. The maximum atomic E-state index is 3.17. The van der Waals surface area contributed by atoms with Crippen molar-refractivity contribution in [1.29, 1.82) is 0 Å². The number of hydrogen-bond acceptors (Lipinski definition) is 2. The molecule has 0 aromatic heterocycles. The Bertz CT molecular complexity index is 316. The molecule has 2 N–H and O–H groups in total. The van der Waals surface area contributed by atoms with Crippen LogP contribution < -0.4 is 10.6 Å². The zero-order valence-electron chi connectivity index (χ0n) is 9.09. The van der Waals surface area contributed by atoms with Gasteiger partial charge in [-0.15, -0.1) is 0 Å². The summed E-state index contributed by atoms with van der Waals surface area (Å²) in [6.45, 7) is 2.97. The van der Waals surface area contributed by atoms with Crippen LogP contribution in [-0.4, -0.2) is 20.6 Å². The molecule has 2 nitrogen and oxygen atoms in total. The number of rotatable bonds is 4. The molecule has 0 atom stereocenters. The van der Waals surface area contributed by atoms with Crippen LogP contribution in [0.4, 0.5) is 0 Å². The van der Waals surface area contributed by atoms with Crippen molar-refractivity contribution < 1.29 is 0 Å². The van der Waals surface area contributed by atoms with E-state index in [-0.39, 0.29) is 0 Å². The van der Waals surface area contributed by atoms with E-state index < -0.39 is 0 Å². The minimum Gasteiger partial charge on any atom is -0.390 e. The van der Waals surface area contributed by atoms with Gasteiger partial charge >= 0.3 is 0 Å². The van der Waals surface area contributed by atoms with Crippen LogP contribution in [0.15, 0.2) is 30.0 Å². The summed E-state index contributed by atoms with van der Waals surface area (Å²) in [6, 6.07) is 8.47. The third-order valence-electron chi connectivity index (χ3n) is 2.07. The lowest BCUT2D eigenvalue weighted by Crippen LogP contribution is -2.19. The first-order valence-corrected chi connectivity index (χ1v) is 4.86. The van der Waals surface area contributed by atoms with Gasteiger partial charge in [-0.1, -0.05) is 29.8 Å². The highest BCUT2D eigenvalue weighted by molar-refractivity contribution is 5.53. The Hall–Kier alpha value is -1.28. The van der Waals surface area contributed by atoms with E-state index in [1.165, 1.54) is 16.8 Å². The minimum absolute atomic E-state index is 0.866. The highest BCUT2D eigenvalue weighted by atomic mass is 14.9. The molecule has 0 fully saturated rings. The van der Waals surface area contributed by atoms with Crippen LogP contribution in [0.25, 0.3) is 6.08 Å². The Morgan fingerprint density at radius 1 is 1.36 bits per heavy atom. The molecule has 0 heterocycles. The predicted molar refractivity (Wildman–Crippen MR) is 62.1 cm³/mol. The number of hydrogen-bond donors (Lipinski definition) is 2. The monoisotopic (exact) mass is 190 g/mol. The summed E-state index contributed by atoms with van der Waals surface area (Å²) in [6.07, 6.45) is 2.16. The molecule has 0 unspecified atom stereocenters. The third kappa shape index (κ3) is 3.23. The van der Waals surface area contributed by atoms with Crippen LogP contribution in [0.3, 0.4) is 0 Å². The van der Waals surface area contributed by atoms with Gasteiger partial charge in [0.2, 0.25) is 0 Å². The summed E-state index contributed by atoms with van der Waals surface area (Å²) in [7, 11) is 3.89. The van der Waals surface area contributed by atoms with Gasteiger partial charge in [0.15, 0.2) is 0 Å². The molecule has 14 heavy (non-hydrogen) atoms. The summed E-state index contributed by atoms with van der Waals surface area (Å²) < 4.78 is 0. The minimum atomic E-state index is 0.866. The Morgan fingerprint density at radius 3 is 2.71 bits per heavy atom. The fraction of sp³-hybridized carbons (Fsp3) is 0.333. The first-order chi connectivity index (χ1) is 6.76. The molecule has 0 aliphatic rings. The van der Waals surface area contributed by atoms with Crippen molar-refractivity contribution in [3.05, 3.63) is 41.1 Å². The topological polar surface area (TPSA) is 24.1 Å². The zero-order chi connectivity index (χ0) is 10.4. The average Bonchev–Trinajstić information content (AvgIpc) is 2.17. The van der Waals surface area contributed by atoms with Crippen molar-refractivity contribution in [2.75, 3.05) is 20.6 Å². The summed E-state index contributed by atoms with van der Waals surface area (Å²) in [5.74, 6) is 0.